The summed E-state index contributed by atoms with van der Waals surface area (Å²) in [4.78, 5) is 23.3. The summed E-state index contributed by atoms with van der Waals surface area (Å²) in [6.07, 6.45) is 0.693. The number of carbonyl (C=O) groups is 2. The average Bonchev–Trinajstić information content (AvgIpc) is 2.33. The maximum atomic E-state index is 11.7. The van der Waals surface area contributed by atoms with Gasteiger partial charge in [-0.1, -0.05) is 22.9 Å². The summed E-state index contributed by atoms with van der Waals surface area (Å²) >= 11 is 3.39. The zero-order chi connectivity index (χ0) is 14.4. The molecule has 0 radical (unpaired) electrons. The molecule has 0 aromatic heterocycles. The second kappa shape index (κ2) is 7.28. The molecule has 1 aromatic carbocycles. The first-order valence-corrected chi connectivity index (χ1v) is 7.07. The first kappa shape index (κ1) is 15.7. The number of rotatable bonds is 5. The lowest BCUT2D eigenvalue weighted by molar-refractivity contribution is -0.127. The van der Waals surface area contributed by atoms with Crippen LogP contribution in [0.4, 0.5) is 5.69 Å². The highest BCUT2D eigenvalue weighted by molar-refractivity contribution is 9.10. The summed E-state index contributed by atoms with van der Waals surface area (Å²) in [5.41, 5.74) is 1.73. The van der Waals surface area contributed by atoms with Gasteiger partial charge in [0.25, 0.3) is 0 Å². The maximum absolute atomic E-state index is 11.7. The van der Waals surface area contributed by atoms with Crippen LogP contribution in [0.25, 0.3) is 0 Å². The van der Waals surface area contributed by atoms with Gasteiger partial charge in [0.2, 0.25) is 11.8 Å². The fraction of sp³-hybridized carbons (Fsp3) is 0.429. The molecule has 0 heterocycles. The molecule has 0 saturated carbocycles. The molecule has 2 N–H and O–H groups in total. The number of hydrogen-bond acceptors (Lipinski definition) is 2. The van der Waals surface area contributed by atoms with Crippen LogP contribution in [-0.4, -0.2) is 17.9 Å². The lowest BCUT2D eigenvalue weighted by Crippen LogP contribution is -2.34. The molecule has 0 bridgehead atoms. The van der Waals surface area contributed by atoms with Crippen molar-refractivity contribution in [1.82, 2.24) is 5.32 Å². The van der Waals surface area contributed by atoms with E-state index in [4.69, 9.17) is 0 Å². The monoisotopic (exact) mass is 326 g/mol. The van der Waals surface area contributed by atoms with Gasteiger partial charge < -0.3 is 10.6 Å². The smallest absolute Gasteiger partial charge is 0.233 e. The third-order valence-electron chi connectivity index (χ3n) is 2.78. The van der Waals surface area contributed by atoms with Gasteiger partial charge in [0.1, 0.15) is 6.42 Å². The number of carbonyl (C=O) groups excluding carboxylic acids is 2. The molecule has 1 unspecified atom stereocenters. The van der Waals surface area contributed by atoms with Gasteiger partial charge in [0.05, 0.1) is 0 Å². The van der Waals surface area contributed by atoms with E-state index in [1.54, 1.807) is 6.07 Å². The highest BCUT2D eigenvalue weighted by atomic mass is 79.9. The molecule has 0 aliphatic carbocycles. The minimum absolute atomic E-state index is 0.0928. The SMILES string of the molecule is CCC(C)NC(=O)CC(=O)Nc1ccc(Br)c(C)c1. The topological polar surface area (TPSA) is 58.2 Å². The highest BCUT2D eigenvalue weighted by Crippen LogP contribution is 2.20. The third-order valence-corrected chi connectivity index (χ3v) is 3.67. The number of aryl methyl sites for hydroxylation is 1. The molecule has 104 valence electrons. The summed E-state index contributed by atoms with van der Waals surface area (Å²) in [5, 5.41) is 5.47. The van der Waals surface area contributed by atoms with Crippen molar-refractivity contribution in [3.8, 4) is 0 Å². The van der Waals surface area contributed by atoms with E-state index in [2.05, 4.69) is 26.6 Å². The molecular weight excluding hydrogens is 308 g/mol. The molecule has 5 heteroatoms. The molecule has 0 spiro atoms. The average molecular weight is 327 g/mol. The lowest BCUT2D eigenvalue weighted by atomic mass is 10.2. The van der Waals surface area contributed by atoms with E-state index >= 15 is 0 Å². The molecule has 0 aliphatic rings. The van der Waals surface area contributed by atoms with E-state index in [9.17, 15) is 9.59 Å². The number of hydrogen-bond donors (Lipinski definition) is 2. The van der Waals surface area contributed by atoms with Crippen LogP contribution in [0.2, 0.25) is 0 Å². The van der Waals surface area contributed by atoms with Gasteiger partial charge in [-0.05, 0) is 44.0 Å². The van der Waals surface area contributed by atoms with Crippen LogP contribution in [0.3, 0.4) is 0 Å². The van der Waals surface area contributed by atoms with E-state index in [1.165, 1.54) is 0 Å². The van der Waals surface area contributed by atoms with Crippen molar-refractivity contribution in [2.75, 3.05) is 5.32 Å². The summed E-state index contributed by atoms with van der Waals surface area (Å²) in [7, 11) is 0. The van der Waals surface area contributed by atoms with Gasteiger partial charge in [-0.3, -0.25) is 9.59 Å². The van der Waals surface area contributed by atoms with Gasteiger partial charge in [-0.25, -0.2) is 0 Å². The van der Waals surface area contributed by atoms with E-state index < -0.39 is 0 Å². The third kappa shape index (κ3) is 5.42. The van der Waals surface area contributed by atoms with Crippen LogP contribution in [0.5, 0.6) is 0 Å². The number of amides is 2. The Morgan fingerprint density at radius 3 is 2.58 bits per heavy atom. The second-order valence-corrected chi connectivity index (χ2v) is 5.42. The molecule has 1 aromatic rings. The summed E-state index contributed by atoms with van der Waals surface area (Å²) < 4.78 is 0.986. The zero-order valence-corrected chi connectivity index (χ0v) is 13.0. The van der Waals surface area contributed by atoms with E-state index in [1.807, 2.05) is 32.9 Å². The molecule has 1 atom stereocenters. The predicted molar refractivity (Wildman–Crippen MR) is 80.0 cm³/mol. The maximum Gasteiger partial charge on any atom is 0.233 e. The fourth-order valence-corrected chi connectivity index (χ4v) is 1.75. The van der Waals surface area contributed by atoms with Crippen LogP contribution in [0, 0.1) is 6.92 Å². The lowest BCUT2D eigenvalue weighted by Gasteiger charge is -2.11. The number of nitrogens with one attached hydrogen (secondary N) is 2. The predicted octanol–water partition coefficient (Wildman–Crippen LogP) is 3.00. The summed E-state index contributed by atoms with van der Waals surface area (Å²) in [6.45, 7) is 5.83. The number of benzene rings is 1. The second-order valence-electron chi connectivity index (χ2n) is 4.57. The molecule has 19 heavy (non-hydrogen) atoms. The van der Waals surface area contributed by atoms with Gasteiger partial charge >= 0.3 is 0 Å². The molecule has 0 fully saturated rings. The van der Waals surface area contributed by atoms with Crippen LogP contribution < -0.4 is 10.6 Å². The summed E-state index contributed by atoms with van der Waals surface area (Å²) in [5.74, 6) is -0.553. The largest absolute Gasteiger partial charge is 0.353 e. The Morgan fingerprint density at radius 1 is 1.32 bits per heavy atom. The van der Waals surface area contributed by atoms with Gasteiger partial charge in [0, 0.05) is 16.2 Å². The van der Waals surface area contributed by atoms with Gasteiger partial charge in [-0.15, -0.1) is 0 Å². The van der Waals surface area contributed by atoms with Crippen LogP contribution in [0.15, 0.2) is 22.7 Å². The van der Waals surface area contributed by atoms with Gasteiger partial charge in [0.15, 0.2) is 0 Å². The Labute approximate surface area is 122 Å². The van der Waals surface area contributed by atoms with Crippen LogP contribution >= 0.6 is 15.9 Å². The zero-order valence-electron chi connectivity index (χ0n) is 11.4. The standard InChI is InChI=1S/C14H19BrN2O2/c1-4-10(3)16-13(18)8-14(19)17-11-5-6-12(15)9(2)7-11/h5-7,10H,4,8H2,1-3H3,(H,16,18)(H,17,19). The van der Waals surface area contributed by atoms with Crippen molar-refractivity contribution in [2.45, 2.75) is 39.7 Å². The van der Waals surface area contributed by atoms with E-state index in [-0.39, 0.29) is 24.3 Å². The normalized spacial score (nSPS) is 11.8. The molecule has 2 amide bonds. The minimum atomic E-state index is -0.303. The Bertz CT molecular complexity index is 475. The Balaban J connectivity index is 2.51. The van der Waals surface area contributed by atoms with Crippen molar-refractivity contribution in [3.05, 3.63) is 28.2 Å². The minimum Gasteiger partial charge on any atom is -0.353 e. The van der Waals surface area contributed by atoms with Crippen molar-refractivity contribution in [1.29, 1.82) is 0 Å². The molecule has 0 saturated heterocycles. The van der Waals surface area contributed by atoms with Crippen molar-refractivity contribution >= 4 is 33.4 Å². The fourth-order valence-electron chi connectivity index (χ4n) is 1.50. The Kier molecular flexibility index (Phi) is 6.02. The molecular formula is C14H19BrN2O2. The summed E-state index contributed by atoms with van der Waals surface area (Å²) in [6, 6.07) is 5.61. The number of halogens is 1. The first-order chi connectivity index (χ1) is 8.92. The Morgan fingerprint density at radius 2 is 2.00 bits per heavy atom. The molecule has 4 nitrogen and oxygen atoms in total. The van der Waals surface area contributed by atoms with Crippen LogP contribution in [0.1, 0.15) is 32.3 Å². The van der Waals surface area contributed by atoms with Crippen molar-refractivity contribution < 1.29 is 9.59 Å². The van der Waals surface area contributed by atoms with Crippen molar-refractivity contribution in [3.63, 3.8) is 0 Å². The Hall–Kier alpha value is -1.36. The number of anilines is 1. The molecule has 0 aliphatic heterocycles. The van der Waals surface area contributed by atoms with Crippen LogP contribution in [-0.2, 0) is 9.59 Å². The molecule has 1 rings (SSSR count). The quantitative estimate of drug-likeness (QED) is 0.817. The van der Waals surface area contributed by atoms with Gasteiger partial charge in [-0.2, -0.15) is 0 Å². The van der Waals surface area contributed by atoms with Crippen molar-refractivity contribution in [2.24, 2.45) is 0 Å². The highest BCUT2D eigenvalue weighted by Gasteiger charge is 2.11. The van der Waals surface area contributed by atoms with E-state index in [0.717, 1.165) is 16.5 Å². The van der Waals surface area contributed by atoms with E-state index in [0.29, 0.717) is 5.69 Å². The first-order valence-electron chi connectivity index (χ1n) is 6.27.